The van der Waals surface area contributed by atoms with E-state index in [4.69, 9.17) is 9.15 Å². The van der Waals surface area contributed by atoms with E-state index in [1.54, 1.807) is 30.3 Å². The molecule has 6 rings (SSSR count). The van der Waals surface area contributed by atoms with Gasteiger partial charge in [0.15, 0.2) is 0 Å². The minimum Gasteiger partial charge on any atom is -0.465 e. The van der Waals surface area contributed by atoms with Crippen LogP contribution in [0.2, 0.25) is 0 Å². The Morgan fingerprint density at radius 1 is 1.10 bits per heavy atom. The molecule has 7 nitrogen and oxygen atoms in total. The summed E-state index contributed by atoms with van der Waals surface area (Å²) in [7, 11) is 1.33. The molecule has 2 fully saturated rings. The Balaban J connectivity index is 1.35. The number of imide groups is 1. The van der Waals surface area contributed by atoms with E-state index in [-0.39, 0.29) is 35.5 Å². The number of nitrogens with zero attached hydrogens (tertiary/aromatic N) is 2. The van der Waals surface area contributed by atoms with E-state index in [1.165, 1.54) is 13.3 Å². The molecule has 0 radical (unpaired) electrons. The summed E-state index contributed by atoms with van der Waals surface area (Å²) in [6.07, 6.45) is 7.44. The van der Waals surface area contributed by atoms with Gasteiger partial charge < -0.3 is 9.15 Å². The summed E-state index contributed by atoms with van der Waals surface area (Å²) in [6, 6.07) is 10.3. The predicted molar refractivity (Wildman–Crippen MR) is 107 cm³/mol. The lowest BCUT2D eigenvalue weighted by Gasteiger charge is -2.37. The molecule has 3 aliphatic carbocycles. The Kier molecular flexibility index (Phi) is 4.38. The standard InChI is InChI=1S/C23H20N2O5/c1-29-23(28)16-4-2-3-15(11-16)18-10-9-17(30-18)12-24-25-21(26)19-13-5-6-14(8-7-13)20(19)22(25)27/h2-6,9-14,19-20H,7-8H2,1H3/b24-12-/t13-,14+,19-,20-/m0/s1. The largest absolute Gasteiger partial charge is 0.465 e. The van der Waals surface area contributed by atoms with E-state index >= 15 is 0 Å². The van der Waals surface area contributed by atoms with Gasteiger partial charge in [0.1, 0.15) is 11.5 Å². The first kappa shape index (κ1) is 18.5. The second kappa shape index (κ2) is 7.09. The smallest absolute Gasteiger partial charge is 0.337 e. The zero-order valence-corrected chi connectivity index (χ0v) is 16.4. The molecule has 4 atom stereocenters. The number of furan rings is 1. The lowest BCUT2D eigenvalue weighted by molar-refractivity contribution is -0.140. The number of rotatable bonds is 4. The monoisotopic (exact) mass is 404 g/mol. The molecule has 2 heterocycles. The normalized spacial score (nSPS) is 27.2. The Labute approximate surface area is 173 Å². The third kappa shape index (κ3) is 2.89. The molecule has 4 aliphatic rings. The molecule has 2 aromatic rings. The number of carbonyl (C=O) groups is 3. The molecule has 7 heteroatoms. The number of ether oxygens (including phenoxy) is 1. The maximum absolute atomic E-state index is 12.8. The average molecular weight is 404 g/mol. The van der Waals surface area contributed by atoms with Crippen molar-refractivity contribution in [1.82, 2.24) is 5.01 Å². The number of methoxy groups -OCH3 is 1. The molecular weight excluding hydrogens is 384 g/mol. The highest BCUT2D eigenvalue weighted by Gasteiger charge is 2.56. The third-order valence-corrected chi connectivity index (χ3v) is 6.23. The highest BCUT2D eigenvalue weighted by molar-refractivity contribution is 6.06. The molecule has 1 aromatic carbocycles. The van der Waals surface area contributed by atoms with Gasteiger partial charge in [-0.1, -0.05) is 24.3 Å². The molecule has 0 N–H and O–H groups in total. The number of allylic oxidation sites excluding steroid dienone is 2. The van der Waals surface area contributed by atoms with E-state index < -0.39 is 5.97 Å². The van der Waals surface area contributed by atoms with Crippen LogP contribution in [0.25, 0.3) is 11.3 Å². The van der Waals surface area contributed by atoms with Gasteiger partial charge in [0, 0.05) is 5.56 Å². The van der Waals surface area contributed by atoms with Gasteiger partial charge in [0.2, 0.25) is 0 Å². The average Bonchev–Trinajstić information content (AvgIpc) is 3.37. The van der Waals surface area contributed by atoms with Gasteiger partial charge in [-0.05, 0) is 48.9 Å². The molecular formula is C23H20N2O5. The third-order valence-electron chi connectivity index (χ3n) is 6.23. The summed E-state index contributed by atoms with van der Waals surface area (Å²) >= 11 is 0. The van der Waals surface area contributed by atoms with Gasteiger partial charge in [-0.3, -0.25) is 9.59 Å². The number of hydrogen-bond acceptors (Lipinski definition) is 6. The van der Waals surface area contributed by atoms with Crippen molar-refractivity contribution in [3.8, 4) is 11.3 Å². The maximum Gasteiger partial charge on any atom is 0.337 e. The second-order valence-corrected chi connectivity index (χ2v) is 7.85. The van der Waals surface area contributed by atoms with Crippen molar-refractivity contribution in [3.05, 3.63) is 59.9 Å². The zero-order valence-electron chi connectivity index (χ0n) is 16.4. The maximum atomic E-state index is 12.8. The lowest BCUT2D eigenvalue weighted by atomic mass is 9.63. The molecule has 1 aromatic heterocycles. The van der Waals surface area contributed by atoms with Crippen molar-refractivity contribution < 1.29 is 23.5 Å². The number of carbonyl (C=O) groups excluding carboxylic acids is 3. The molecule has 1 saturated carbocycles. The van der Waals surface area contributed by atoms with E-state index in [0.29, 0.717) is 22.6 Å². The van der Waals surface area contributed by atoms with Crippen LogP contribution < -0.4 is 0 Å². The Hall–Kier alpha value is -3.48. The van der Waals surface area contributed by atoms with Crippen LogP contribution in [0.15, 0.2) is 58.1 Å². The first-order chi connectivity index (χ1) is 14.6. The minimum absolute atomic E-state index is 0.133. The zero-order chi connectivity index (χ0) is 20.8. The molecule has 152 valence electrons. The topological polar surface area (TPSA) is 89.2 Å². The quantitative estimate of drug-likeness (QED) is 0.338. The number of fused-ring (bicyclic) bond motifs is 1. The molecule has 1 aliphatic heterocycles. The van der Waals surface area contributed by atoms with Gasteiger partial charge in [-0.2, -0.15) is 10.1 Å². The summed E-state index contributed by atoms with van der Waals surface area (Å²) in [4.78, 5) is 37.3. The van der Waals surface area contributed by atoms with E-state index in [9.17, 15) is 14.4 Å². The van der Waals surface area contributed by atoms with Gasteiger partial charge in [0.25, 0.3) is 11.8 Å². The van der Waals surface area contributed by atoms with E-state index in [1.807, 2.05) is 6.07 Å². The Morgan fingerprint density at radius 2 is 1.80 bits per heavy atom. The molecule has 30 heavy (non-hydrogen) atoms. The summed E-state index contributed by atoms with van der Waals surface area (Å²) in [5, 5.41) is 5.16. The SMILES string of the molecule is COC(=O)c1cccc(-c2ccc(/C=N\N3C(=O)[C@@H]4[C@@H](C3=O)[C@H]3C=C[C@@H]4CC3)o2)c1. The van der Waals surface area contributed by atoms with Crippen molar-refractivity contribution in [2.24, 2.45) is 28.8 Å². The molecule has 1 saturated heterocycles. The van der Waals surface area contributed by atoms with Crippen molar-refractivity contribution in [2.75, 3.05) is 7.11 Å². The van der Waals surface area contributed by atoms with Crippen molar-refractivity contribution in [3.63, 3.8) is 0 Å². The number of hydrogen-bond donors (Lipinski definition) is 0. The predicted octanol–water partition coefficient (Wildman–Crippen LogP) is 3.26. The number of benzene rings is 1. The van der Waals surface area contributed by atoms with E-state index in [2.05, 4.69) is 17.3 Å². The van der Waals surface area contributed by atoms with Crippen LogP contribution in [0.1, 0.15) is 29.0 Å². The van der Waals surface area contributed by atoms with Crippen molar-refractivity contribution in [2.45, 2.75) is 12.8 Å². The van der Waals surface area contributed by atoms with Crippen LogP contribution in [-0.2, 0) is 14.3 Å². The highest BCUT2D eigenvalue weighted by Crippen LogP contribution is 2.49. The number of amides is 2. The van der Waals surface area contributed by atoms with Crippen LogP contribution in [0.5, 0.6) is 0 Å². The van der Waals surface area contributed by atoms with Crippen LogP contribution in [0, 0.1) is 23.7 Å². The fourth-order valence-corrected chi connectivity index (χ4v) is 4.78. The summed E-state index contributed by atoms with van der Waals surface area (Å²) in [6.45, 7) is 0. The van der Waals surface area contributed by atoms with Crippen molar-refractivity contribution >= 4 is 24.0 Å². The van der Waals surface area contributed by atoms with Crippen molar-refractivity contribution in [1.29, 1.82) is 0 Å². The fourth-order valence-electron chi connectivity index (χ4n) is 4.78. The summed E-state index contributed by atoms with van der Waals surface area (Å²) in [5.74, 6) is -0.236. The lowest BCUT2D eigenvalue weighted by Crippen LogP contribution is -2.38. The Morgan fingerprint density at radius 3 is 2.43 bits per heavy atom. The highest BCUT2D eigenvalue weighted by atomic mass is 16.5. The minimum atomic E-state index is -0.429. The fraction of sp³-hybridized carbons (Fsp3) is 0.304. The molecule has 2 amide bonds. The van der Waals surface area contributed by atoms with Crippen LogP contribution >= 0.6 is 0 Å². The number of esters is 1. The van der Waals surface area contributed by atoms with Crippen LogP contribution in [-0.4, -0.2) is 36.1 Å². The van der Waals surface area contributed by atoms with Gasteiger partial charge >= 0.3 is 5.97 Å². The molecule has 0 unspecified atom stereocenters. The summed E-state index contributed by atoms with van der Waals surface area (Å²) in [5.41, 5.74) is 1.13. The first-order valence-electron chi connectivity index (χ1n) is 9.95. The van der Waals surface area contributed by atoms with Crippen LogP contribution in [0.3, 0.4) is 0 Å². The Bertz CT molecular complexity index is 1070. The first-order valence-corrected chi connectivity index (χ1v) is 9.95. The van der Waals surface area contributed by atoms with Gasteiger partial charge in [-0.25, -0.2) is 4.79 Å². The molecule has 2 bridgehead atoms. The van der Waals surface area contributed by atoms with Gasteiger partial charge in [0.05, 0.1) is 30.7 Å². The van der Waals surface area contributed by atoms with Gasteiger partial charge in [-0.15, -0.1) is 0 Å². The van der Waals surface area contributed by atoms with Crippen LogP contribution in [0.4, 0.5) is 0 Å². The molecule has 0 spiro atoms. The second-order valence-electron chi connectivity index (χ2n) is 7.85. The summed E-state index contributed by atoms with van der Waals surface area (Å²) < 4.78 is 10.5. The number of hydrazone groups is 1. The van der Waals surface area contributed by atoms with E-state index in [0.717, 1.165) is 17.9 Å².